The molecule has 1 rings (SSSR count). The van der Waals surface area contributed by atoms with Gasteiger partial charge < -0.3 is 15.6 Å². The second-order valence-corrected chi connectivity index (χ2v) is 6.26. The molecule has 1 fully saturated rings. The van der Waals surface area contributed by atoms with Crippen molar-refractivity contribution in [1.82, 2.24) is 0 Å². The Hall–Kier alpha value is -0.610. The van der Waals surface area contributed by atoms with Crippen LogP contribution in [0.2, 0.25) is 0 Å². The molecule has 0 saturated heterocycles. The number of ether oxygens (including phenoxy) is 1. The molecule has 1 aliphatic carbocycles. The van der Waals surface area contributed by atoms with Gasteiger partial charge in [0.2, 0.25) is 0 Å². The molecule has 4 heteroatoms. The monoisotopic (exact) mass is 257 g/mol. The van der Waals surface area contributed by atoms with E-state index in [4.69, 9.17) is 15.6 Å². The second kappa shape index (κ2) is 6.02. The van der Waals surface area contributed by atoms with Crippen LogP contribution < -0.4 is 5.73 Å². The van der Waals surface area contributed by atoms with Crippen molar-refractivity contribution in [3.63, 3.8) is 0 Å². The summed E-state index contributed by atoms with van der Waals surface area (Å²) in [6.45, 7) is 8.00. The standard InChI is InChI=1S/C14H27NO3/c1-9-5-6-12(7-10(9)2)18-11(3)8-14(4,15)13(16)17/h9-12H,5-8,15H2,1-4H3,(H,16,17). The molecule has 0 aromatic heterocycles. The Labute approximate surface area is 110 Å². The molecule has 3 N–H and O–H groups in total. The van der Waals surface area contributed by atoms with Crippen LogP contribution in [0.5, 0.6) is 0 Å². The van der Waals surface area contributed by atoms with Gasteiger partial charge in [-0.3, -0.25) is 4.79 Å². The van der Waals surface area contributed by atoms with Crippen molar-refractivity contribution in [2.75, 3.05) is 0 Å². The molecular formula is C14H27NO3. The lowest BCUT2D eigenvalue weighted by atomic mass is 9.80. The zero-order valence-corrected chi connectivity index (χ0v) is 12.0. The van der Waals surface area contributed by atoms with Crippen molar-refractivity contribution in [3.8, 4) is 0 Å². The third-order valence-corrected chi connectivity index (χ3v) is 4.17. The number of nitrogens with two attached hydrogens (primary N) is 1. The second-order valence-electron chi connectivity index (χ2n) is 6.26. The molecule has 5 atom stereocenters. The first-order valence-electron chi connectivity index (χ1n) is 6.90. The smallest absolute Gasteiger partial charge is 0.323 e. The van der Waals surface area contributed by atoms with Crippen LogP contribution in [0.3, 0.4) is 0 Å². The maximum Gasteiger partial charge on any atom is 0.323 e. The Morgan fingerprint density at radius 3 is 2.56 bits per heavy atom. The minimum Gasteiger partial charge on any atom is -0.480 e. The highest BCUT2D eigenvalue weighted by Gasteiger charge is 2.32. The summed E-state index contributed by atoms with van der Waals surface area (Å²) < 4.78 is 5.95. The van der Waals surface area contributed by atoms with E-state index in [-0.39, 0.29) is 12.2 Å². The average molecular weight is 257 g/mol. The molecule has 1 aliphatic rings. The first-order valence-corrected chi connectivity index (χ1v) is 6.90. The molecule has 0 aromatic carbocycles. The lowest BCUT2D eigenvalue weighted by Crippen LogP contribution is -2.47. The van der Waals surface area contributed by atoms with Crippen LogP contribution >= 0.6 is 0 Å². The fourth-order valence-corrected chi connectivity index (χ4v) is 2.68. The summed E-state index contributed by atoms with van der Waals surface area (Å²) in [6.07, 6.45) is 3.84. The summed E-state index contributed by atoms with van der Waals surface area (Å²) in [5.41, 5.74) is 4.53. The minimum atomic E-state index is -1.20. The fourth-order valence-electron chi connectivity index (χ4n) is 2.68. The normalized spacial score (nSPS) is 33.7. The summed E-state index contributed by atoms with van der Waals surface area (Å²) in [4.78, 5) is 11.0. The summed E-state index contributed by atoms with van der Waals surface area (Å²) in [5.74, 6) is 0.474. The fraction of sp³-hybridized carbons (Fsp3) is 0.929. The molecule has 0 aromatic rings. The van der Waals surface area contributed by atoms with Gasteiger partial charge in [0.05, 0.1) is 12.2 Å². The Morgan fingerprint density at radius 1 is 1.44 bits per heavy atom. The summed E-state index contributed by atoms with van der Waals surface area (Å²) in [7, 11) is 0. The molecule has 0 aliphatic heterocycles. The van der Waals surface area contributed by atoms with Crippen LogP contribution in [0.25, 0.3) is 0 Å². The van der Waals surface area contributed by atoms with E-state index in [2.05, 4.69) is 13.8 Å². The Bertz CT molecular complexity index is 291. The van der Waals surface area contributed by atoms with Gasteiger partial charge in [-0.25, -0.2) is 0 Å². The Morgan fingerprint density at radius 2 is 2.06 bits per heavy atom. The summed E-state index contributed by atoms with van der Waals surface area (Å²) >= 11 is 0. The number of carboxylic acid groups (broad SMARTS) is 1. The van der Waals surface area contributed by atoms with Gasteiger partial charge in [-0.05, 0) is 44.9 Å². The molecule has 0 heterocycles. The summed E-state index contributed by atoms with van der Waals surface area (Å²) in [6, 6.07) is 0. The average Bonchev–Trinajstić information content (AvgIpc) is 2.22. The first kappa shape index (κ1) is 15.4. The molecule has 0 bridgehead atoms. The van der Waals surface area contributed by atoms with Crippen molar-refractivity contribution >= 4 is 5.97 Å². The quantitative estimate of drug-likeness (QED) is 0.793. The Kier molecular flexibility index (Phi) is 5.17. The van der Waals surface area contributed by atoms with E-state index in [0.717, 1.165) is 18.8 Å². The van der Waals surface area contributed by atoms with Crippen LogP contribution in [0.1, 0.15) is 53.4 Å². The maximum absolute atomic E-state index is 11.0. The van der Waals surface area contributed by atoms with E-state index in [1.807, 2.05) is 6.92 Å². The molecule has 0 radical (unpaired) electrons. The van der Waals surface area contributed by atoms with E-state index in [9.17, 15) is 4.79 Å². The number of rotatable bonds is 5. The largest absolute Gasteiger partial charge is 0.480 e. The van der Waals surface area contributed by atoms with Gasteiger partial charge in [0, 0.05) is 6.42 Å². The molecule has 18 heavy (non-hydrogen) atoms. The lowest BCUT2D eigenvalue weighted by molar-refractivity contribution is -0.145. The van der Waals surface area contributed by atoms with Gasteiger partial charge >= 0.3 is 5.97 Å². The van der Waals surface area contributed by atoms with E-state index in [1.54, 1.807) is 6.92 Å². The van der Waals surface area contributed by atoms with Crippen molar-refractivity contribution in [3.05, 3.63) is 0 Å². The van der Waals surface area contributed by atoms with Crippen LogP contribution in [0.4, 0.5) is 0 Å². The zero-order valence-electron chi connectivity index (χ0n) is 12.0. The van der Waals surface area contributed by atoms with Crippen LogP contribution in [0, 0.1) is 11.8 Å². The molecule has 5 unspecified atom stereocenters. The van der Waals surface area contributed by atoms with Gasteiger partial charge in [0.25, 0.3) is 0 Å². The van der Waals surface area contributed by atoms with Gasteiger partial charge in [-0.2, -0.15) is 0 Å². The minimum absolute atomic E-state index is 0.110. The highest BCUT2D eigenvalue weighted by molar-refractivity contribution is 5.77. The molecule has 106 valence electrons. The molecule has 1 saturated carbocycles. The first-order chi connectivity index (χ1) is 8.22. The van der Waals surface area contributed by atoms with E-state index >= 15 is 0 Å². The van der Waals surface area contributed by atoms with Crippen molar-refractivity contribution in [2.24, 2.45) is 17.6 Å². The van der Waals surface area contributed by atoms with Crippen LogP contribution in [0.15, 0.2) is 0 Å². The van der Waals surface area contributed by atoms with E-state index in [0.29, 0.717) is 12.3 Å². The predicted molar refractivity (Wildman–Crippen MR) is 71.4 cm³/mol. The number of aliphatic carboxylic acids is 1. The SMILES string of the molecule is CC(CC(C)(N)C(=O)O)OC1CCC(C)C(C)C1. The highest BCUT2D eigenvalue weighted by Crippen LogP contribution is 2.32. The highest BCUT2D eigenvalue weighted by atomic mass is 16.5. The van der Waals surface area contributed by atoms with Gasteiger partial charge in [0.1, 0.15) is 5.54 Å². The number of hydrogen-bond acceptors (Lipinski definition) is 3. The van der Waals surface area contributed by atoms with E-state index < -0.39 is 11.5 Å². The van der Waals surface area contributed by atoms with Gasteiger partial charge in [-0.1, -0.05) is 13.8 Å². The number of carboxylic acids is 1. The summed E-state index contributed by atoms with van der Waals surface area (Å²) in [5, 5.41) is 8.99. The third kappa shape index (κ3) is 4.25. The van der Waals surface area contributed by atoms with Crippen molar-refractivity contribution < 1.29 is 14.6 Å². The molecule has 0 spiro atoms. The zero-order chi connectivity index (χ0) is 13.9. The topological polar surface area (TPSA) is 72.6 Å². The number of carbonyl (C=O) groups is 1. The van der Waals surface area contributed by atoms with Gasteiger partial charge in [0.15, 0.2) is 0 Å². The van der Waals surface area contributed by atoms with Crippen LogP contribution in [-0.2, 0) is 9.53 Å². The predicted octanol–water partition coefficient (Wildman–Crippen LogP) is 2.41. The molecular weight excluding hydrogens is 230 g/mol. The van der Waals surface area contributed by atoms with E-state index in [1.165, 1.54) is 6.42 Å². The number of hydrogen-bond donors (Lipinski definition) is 2. The van der Waals surface area contributed by atoms with Crippen molar-refractivity contribution in [1.29, 1.82) is 0 Å². The molecule has 4 nitrogen and oxygen atoms in total. The van der Waals surface area contributed by atoms with Crippen molar-refractivity contribution in [2.45, 2.75) is 71.1 Å². The molecule has 0 amide bonds. The lowest BCUT2D eigenvalue weighted by Gasteiger charge is -2.34. The third-order valence-electron chi connectivity index (χ3n) is 4.17. The van der Waals surface area contributed by atoms with Gasteiger partial charge in [-0.15, -0.1) is 0 Å². The van der Waals surface area contributed by atoms with Crippen LogP contribution in [-0.4, -0.2) is 28.8 Å². The maximum atomic E-state index is 11.0. The Balaban J connectivity index is 2.41.